The quantitative estimate of drug-likeness (QED) is 0.420. The number of hydrogen-bond acceptors (Lipinski definition) is 11. The number of aromatic amines is 1. The maximum Gasteiger partial charge on any atom is 0.249 e. The van der Waals surface area contributed by atoms with Gasteiger partial charge in [0, 0.05) is 0 Å². The van der Waals surface area contributed by atoms with Crippen LogP contribution in [-0.2, 0) is 0 Å². The Morgan fingerprint density at radius 1 is 0.920 bits per heavy atom. The second-order valence-electron chi connectivity index (χ2n) is 4.68. The van der Waals surface area contributed by atoms with E-state index in [1.54, 1.807) is 42.2 Å². The van der Waals surface area contributed by atoms with E-state index in [4.69, 9.17) is 0 Å². The molecule has 25 heavy (non-hydrogen) atoms. The van der Waals surface area contributed by atoms with Crippen LogP contribution >= 0.6 is 0 Å². The van der Waals surface area contributed by atoms with Crippen LogP contribution < -0.4 is 15.7 Å². The summed E-state index contributed by atoms with van der Waals surface area (Å²) in [6.45, 7) is 0. The maximum absolute atomic E-state index is 4.20. The first kappa shape index (κ1) is 13.2. The fourth-order valence-electron chi connectivity index (χ4n) is 2.31. The van der Waals surface area contributed by atoms with E-state index in [9.17, 15) is 0 Å². The summed E-state index contributed by atoms with van der Waals surface area (Å²) in [5.74, 6) is 1.40. The molecule has 15 heteroatoms. The third-order valence-corrected chi connectivity index (χ3v) is 3.27. The van der Waals surface area contributed by atoms with Gasteiger partial charge in [0.15, 0.2) is 0 Å². The van der Waals surface area contributed by atoms with Crippen molar-refractivity contribution in [1.82, 2.24) is 65.7 Å². The number of nitrogens with zero attached hydrogens (tertiary/aromatic N) is 13. The maximum atomic E-state index is 4.20. The highest BCUT2D eigenvalue weighted by atomic mass is 16.1. The standard InChI is InChI=1S/C10H9N15/c1-2-16-24(15-1)8-9(21-5-3-12-19-21)23(10-11-7-14-17-10)25(18-8)22-6-4-13-20-22/h1-7,18H,(H,11,14,17). The van der Waals surface area contributed by atoms with Crippen LogP contribution in [0, 0.1) is 0 Å². The van der Waals surface area contributed by atoms with Crippen LogP contribution in [-0.4, -0.2) is 60.3 Å². The molecule has 1 aliphatic rings. The number of rotatable bonds is 4. The van der Waals surface area contributed by atoms with Crippen molar-refractivity contribution >= 4 is 17.6 Å². The fraction of sp³-hybridized carbons (Fsp3) is 0. The number of aromatic nitrogens is 12. The molecule has 124 valence electrons. The highest BCUT2D eigenvalue weighted by Crippen LogP contribution is 2.27. The molecule has 0 amide bonds. The van der Waals surface area contributed by atoms with Crippen LogP contribution in [0.3, 0.4) is 0 Å². The predicted molar refractivity (Wildman–Crippen MR) is 79.7 cm³/mol. The molecule has 0 bridgehead atoms. The number of nitrogens with one attached hydrogen (secondary N) is 2. The van der Waals surface area contributed by atoms with Crippen molar-refractivity contribution in [3.05, 3.63) is 43.5 Å². The number of hydrogen-bond donors (Lipinski definition) is 2. The van der Waals surface area contributed by atoms with Crippen molar-refractivity contribution in [2.45, 2.75) is 0 Å². The van der Waals surface area contributed by atoms with E-state index in [1.807, 2.05) is 0 Å². The molecule has 0 fully saturated rings. The van der Waals surface area contributed by atoms with Gasteiger partial charge in [-0.3, -0.25) is 0 Å². The van der Waals surface area contributed by atoms with E-state index in [0.717, 1.165) is 0 Å². The lowest BCUT2D eigenvalue weighted by molar-refractivity contribution is 0.485. The van der Waals surface area contributed by atoms with Gasteiger partial charge in [-0.25, -0.2) is 10.5 Å². The van der Waals surface area contributed by atoms with Crippen LogP contribution in [0.15, 0.2) is 43.5 Å². The summed E-state index contributed by atoms with van der Waals surface area (Å²) >= 11 is 0. The molecule has 1 aliphatic heterocycles. The van der Waals surface area contributed by atoms with Gasteiger partial charge in [0.2, 0.25) is 17.6 Å². The molecule has 5 rings (SSSR count). The molecule has 0 unspecified atom stereocenters. The van der Waals surface area contributed by atoms with Crippen molar-refractivity contribution in [1.29, 1.82) is 0 Å². The van der Waals surface area contributed by atoms with Crippen LogP contribution in [0.2, 0.25) is 0 Å². The molecule has 0 saturated carbocycles. The van der Waals surface area contributed by atoms with Crippen LogP contribution in [0.4, 0.5) is 5.95 Å². The van der Waals surface area contributed by atoms with E-state index < -0.39 is 0 Å². The normalized spacial score (nSPS) is 14.4. The Morgan fingerprint density at radius 2 is 1.76 bits per heavy atom. The molecule has 4 aromatic rings. The lowest BCUT2D eigenvalue weighted by atomic mass is 10.6. The largest absolute Gasteiger partial charge is 0.249 e. The van der Waals surface area contributed by atoms with Gasteiger partial charge in [-0.1, -0.05) is 10.4 Å². The first-order chi connectivity index (χ1) is 12.4. The third kappa shape index (κ3) is 1.99. The fourth-order valence-corrected chi connectivity index (χ4v) is 2.31. The molecule has 2 N–H and O–H groups in total. The lowest BCUT2D eigenvalue weighted by Crippen LogP contribution is -2.52. The number of H-pyrrole nitrogens is 1. The van der Waals surface area contributed by atoms with E-state index in [0.29, 0.717) is 17.6 Å². The van der Waals surface area contributed by atoms with Crippen LogP contribution in [0.5, 0.6) is 0 Å². The van der Waals surface area contributed by atoms with Gasteiger partial charge in [-0.2, -0.15) is 30.0 Å². The summed E-state index contributed by atoms with van der Waals surface area (Å²) in [5, 5.41) is 33.9. The molecule has 0 radical (unpaired) electrons. The summed E-state index contributed by atoms with van der Waals surface area (Å²) in [6.07, 6.45) is 10.9. The molecule has 15 nitrogen and oxygen atoms in total. The minimum Gasteiger partial charge on any atom is -0.243 e. The van der Waals surface area contributed by atoms with Gasteiger partial charge < -0.3 is 0 Å². The SMILES string of the molecule is c1cn(C2=C(n3nccn3)NN(n3ccnn3)N2c2ncn[nH]2)nn1. The van der Waals surface area contributed by atoms with Gasteiger partial charge in [0.1, 0.15) is 6.33 Å². The van der Waals surface area contributed by atoms with Gasteiger partial charge in [0.25, 0.3) is 0 Å². The first-order valence-electron chi connectivity index (χ1n) is 6.98. The average molecular weight is 339 g/mol. The summed E-state index contributed by atoms with van der Waals surface area (Å²) < 4.78 is 1.53. The van der Waals surface area contributed by atoms with E-state index in [2.05, 4.69) is 51.4 Å². The number of anilines is 1. The van der Waals surface area contributed by atoms with Crippen LogP contribution in [0.1, 0.15) is 0 Å². The first-order valence-corrected chi connectivity index (χ1v) is 6.98. The Bertz CT molecular complexity index is 964. The Balaban J connectivity index is 1.73. The zero-order valence-electron chi connectivity index (χ0n) is 12.4. The van der Waals surface area contributed by atoms with E-state index in [1.165, 1.54) is 25.8 Å². The second-order valence-corrected chi connectivity index (χ2v) is 4.68. The summed E-state index contributed by atoms with van der Waals surface area (Å²) in [5.41, 5.74) is 3.13. The minimum absolute atomic E-state index is 0.399. The zero-order valence-corrected chi connectivity index (χ0v) is 12.4. The van der Waals surface area contributed by atoms with E-state index >= 15 is 0 Å². The van der Waals surface area contributed by atoms with Gasteiger partial charge in [0.05, 0.1) is 37.2 Å². The Labute approximate surface area is 138 Å². The highest BCUT2D eigenvalue weighted by molar-refractivity contribution is 5.83. The molecular formula is C10H9N15. The molecule has 0 aromatic carbocycles. The molecule has 4 aromatic heterocycles. The van der Waals surface area contributed by atoms with Crippen molar-refractivity contribution in [2.24, 2.45) is 0 Å². The van der Waals surface area contributed by atoms with Gasteiger partial charge in [-0.05, 0) is 5.21 Å². The second kappa shape index (κ2) is 5.11. The Hall–Kier alpha value is -4.30. The highest BCUT2D eigenvalue weighted by Gasteiger charge is 2.38. The molecule has 0 aliphatic carbocycles. The summed E-state index contributed by atoms with van der Waals surface area (Å²) in [4.78, 5) is 7.06. The molecule has 0 saturated heterocycles. The van der Waals surface area contributed by atoms with Crippen molar-refractivity contribution in [3.8, 4) is 0 Å². The predicted octanol–water partition coefficient (Wildman–Crippen LogP) is -2.10. The number of hydrazine groups is 2. The van der Waals surface area contributed by atoms with E-state index in [-0.39, 0.29) is 0 Å². The summed E-state index contributed by atoms with van der Waals surface area (Å²) in [7, 11) is 0. The van der Waals surface area contributed by atoms with Crippen molar-refractivity contribution < 1.29 is 0 Å². The third-order valence-electron chi connectivity index (χ3n) is 3.27. The summed E-state index contributed by atoms with van der Waals surface area (Å²) in [6, 6.07) is 0. The van der Waals surface area contributed by atoms with Gasteiger partial charge in [-0.15, -0.1) is 19.8 Å². The Morgan fingerprint density at radius 3 is 2.44 bits per heavy atom. The average Bonchev–Trinajstić information content (AvgIpc) is 3.48. The monoisotopic (exact) mass is 339 g/mol. The molecule has 5 heterocycles. The molecule has 0 atom stereocenters. The smallest absolute Gasteiger partial charge is 0.243 e. The minimum atomic E-state index is 0.399. The lowest BCUT2D eigenvalue weighted by Gasteiger charge is -2.27. The van der Waals surface area contributed by atoms with Crippen molar-refractivity contribution in [2.75, 3.05) is 10.2 Å². The Kier molecular flexibility index (Phi) is 2.69. The van der Waals surface area contributed by atoms with Crippen LogP contribution in [0.25, 0.3) is 11.6 Å². The molecule has 0 spiro atoms. The topological polar surface area (TPSA) is 152 Å². The zero-order chi connectivity index (χ0) is 16.6. The van der Waals surface area contributed by atoms with Crippen molar-refractivity contribution in [3.63, 3.8) is 0 Å². The molecular weight excluding hydrogens is 330 g/mol. The van der Waals surface area contributed by atoms with Gasteiger partial charge >= 0.3 is 0 Å².